The van der Waals surface area contributed by atoms with Crippen molar-refractivity contribution in [2.24, 2.45) is 0 Å². The Morgan fingerprint density at radius 1 is 0.960 bits per heavy atom. The smallest absolute Gasteiger partial charge is 0.344 e. The molecule has 0 spiro atoms. The van der Waals surface area contributed by atoms with Gasteiger partial charge < -0.3 is 14.8 Å². The predicted molar refractivity (Wildman–Crippen MR) is 97.5 cm³/mol. The Morgan fingerprint density at radius 2 is 1.64 bits per heavy atom. The fourth-order valence-corrected chi connectivity index (χ4v) is 2.59. The summed E-state index contributed by atoms with van der Waals surface area (Å²) in [7, 11) is 0. The van der Waals surface area contributed by atoms with E-state index in [9.17, 15) is 9.59 Å². The monoisotopic (exact) mass is 381 g/mol. The molecule has 0 aliphatic rings. The fraction of sp³-hybridized carbons (Fsp3) is 0.222. The van der Waals surface area contributed by atoms with Gasteiger partial charge in [0.2, 0.25) is 0 Å². The van der Waals surface area contributed by atoms with Gasteiger partial charge in [-0.05, 0) is 30.7 Å². The van der Waals surface area contributed by atoms with Crippen molar-refractivity contribution >= 4 is 46.5 Å². The van der Waals surface area contributed by atoms with Crippen LogP contribution in [0.1, 0.15) is 12.5 Å². The summed E-state index contributed by atoms with van der Waals surface area (Å²) in [5, 5.41) is 4.07. The number of ether oxygens (including phenoxy) is 2. The normalized spacial score (nSPS) is 10.2. The number of benzene rings is 2. The molecular formula is C18H17Cl2NO4. The first-order valence-corrected chi connectivity index (χ1v) is 8.37. The zero-order chi connectivity index (χ0) is 18.2. The summed E-state index contributed by atoms with van der Waals surface area (Å²) >= 11 is 12.3. The molecule has 0 amide bonds. The van der Waals surface area contributed by atoms with Gasteiger partial charge in [-0.3, -0.25) is 4.79 Å². The summed E-state index contributed by atoms with van der Waals surface area (Å²) in [6, 6.07) is 12.4. The number of esters is 2. The largest absolute Gasteiger partial charge is 0.463 e. The number of halogens is 2. The summed E-state index contributed by atoms with van der Waals surface area (Å²) in [6.45, 7) is 1.52. The number of carbonyl (C=O) groups is 2. The predicted octanol–water partition coefficient (Wildman–Crippen LogP) is 4.39. The molecule has 1 N–H and O–H groups in total. The van der Waals surface area contributed by atoms with E-state index in [1.807, 2.05) is 6.07 Å². The molecule has 0 bridgehead atoms. The highest BCUT2D eigenvalue weighted by molar-refractivity contribution is 6.39. The Morgan fingerprint density at radius 3 is 2.32 bits per heavy atom. The van der Waals surface area contributed by atoms with E-state index in [0.29, 0.717) is 27.0 Å². The third-order valence-corrected chi connectivity index (χ3v) is 3.86. The summed E-state index contributed by atoms with van der Waals surface area (Å²) < 4.78 is 9.63. The van der Waals surface area contributed by atoms with Crippen LogP contribution in [-0.4, -0.2) is 25.2 Å². The molecule has 2 rings (SSSR count). The average molecular weight is 382 g/mol. The maximum atomic E-state index is 11.9. The van der Waals surface area contributed by atoms with E-state index in [-0.39, 0.29) is 13.0 Å². The summed E-state index contributed by atoms with van der Waals surface area (Å²) in [6.07, 6.45) is -0.00928. The molecule has 2 aromatic rings. The number of hydrogen-bond acceptors (Lipinski definition) is 5. The first-order chi connectivity index (χ1) is 12.0. The van der Waals surface area contributed by atoms with Crippen molar-refractivity contribution in [3.05, 3.63) is 58.1 Å². The van der Waals surface area contributed by atoms with E-state index in [0.717, 1.165) is 0 Å². The highest BCUT2D eigenvalue weighted by Gasteiger charge is 2.13. The van der Waals surface area contributed by atoms with Crippen LogP contribution in [-0.2, 0) is 25.5 Å². The van der Waals surface area contributed by atoms with Crippen LogP contribution in [0, 0.1) is 0 Å². The van der Waals surface area contributed by atoms with Gasteiger partial charge in [-0.1, -0.05) is 47.5 Å². The lowest BCUT2D eigenvalue weighted by atomic mass is 10.1. The number of para-hydroxylation sites is 2. The van der Waals surface area contributed by atoms with E-state index in [1.54, 1.807) is 43.3 Å². The maximum absolute atomic E-state index is 11.9. The summed E-state index contributed by atoms with van der Waals surface area (Å²) in [5.74, 6) is -1.11. The van der Waals surface area contributed by atoms with Gasteiger partial charge in [0.05, 0.1) is 28.8 Å². The lowest BCUT2D eigenvalue weighted by molar-refractivity contribution is -0.158. The van der Waals surface area contributed by atoms with Crippen molar-refractivity contribution < 1.29 is 19.1 Å². The molecule has 0 heterocycles. The van der Waals surface area contributed by atoms with Gasteiger partial charge in [0.25, 0.3) is 0 Å². The highest BCUT2D eigenvalue weighted by Crippen LogP contribution is 2.33. The van der Waals surface area contributed by atoms with Crippen LogP contribution in [0.25, 0.3) is 0 Å². The zero-order valence-corrected chi connectivity index (χ0v) is 15.1. The van der Waals surface area contributed by atoms with Gasteiger partial charge in [-0.15, -0.1) is 0 Å². The number of nitrogens with one attached hydrogen (secondary N) is 1. The minimum absolute atomic E-state index is 0.00928. The first-order valence-electron chi connectivity index (χ1n) is 7.61. The molecule has 0 aliphatic heterocycles. The number of carbonyl (C=O) groups excluding carboxylic acids is 2. The van der Waals surface area contributed by atoms with Gasteiger partial charge >= 0.3 is 11.9 Å². The molecule has 132 valence electrons. The Balaban J connectivity index is 2.08. The summed E-state index contributed by atoms with van der Waals surface area (Å²) in [5.41, 5.74) is 1.91. The minimum atomic E-state index is -0.579. The zero-order valence-electron chi connectivity index (χ0n) is 13.6. The molecule has 0 atom stereocenters. The van der Waals surface area contributed by atoms with Gasteiger partial charge in [-0.2, -0.15) is 0 Å². The van der Waals surface area contributed by atoms with Crippen molar-refractivity contribution in [3.8, 4) is 0 Å². The third-order valence-electron chi connectivity index (χ3n) is 3.23. The van der Waals surface area contributed by atoms with Crippen molar-refractivity contribution in [1.29, 1.82) is 0 Å². The van der Waals surface area contributed by atoms with Crippen LogP contribution in [0.5, 0.6) is 0 Å². The second-order valence-electron chi connectivity index (χ2n) is 5.02. The molecule has 0 saturated carbocycles. The Hall–Kier alpha value is -2.24. The number of rotatable bonds is 7. The van der Waals surface area contributed by atoms with Crippen LogP contribution >= 0.6 is 23.2 Å². The molecule has 0 saturated heterocycles. The SMILES string of the molecule is CCOC(=O)COC(=O)Cc1ccccc1Nc1c(Cl)cccc1Cl. The molecule has 7 heteroatoms. The summed E-state index contributed by atoms with van der Waals surface area (Å²) in [4.78, 5) is 23.2. The van der Waals surface area contributed by atoms with Gasteiger partial charge in [0.1, 0.15) is 0 Å². The molecule has 0 unspecified atom stereocenters. The van der Waals surface area contributed by atoms with Gasteiger partial charge in [0, 0.05) is 5.69 Å². The fourth-order valence-electron chi connectivity index (χ4n) is 2.10. The molecule has 0 fully saturated rings. The van der Waals surface area contributed by atoms with E-state index in [2.05, 4.69) is 5.32 Å². The third kappa shape index (κ3) is 5.66. The van der Waals surface area contributed by atoms with E-state index >= 15 is 0 Å². The lowest BCUT2D eigenvalue weighted by Gasteiger charge is -2.14. The second-order valence-corrected chi connectivity index (χ2v) is 5.84. The molecular weight excluding hydrogens is 365 g/mol. The quantitative estimate of drug-likeness (QED) is 0.720. The Bertz CT molecular complexity index is 744. The van der Waals surface area contributed by atoms with Crippen LogP contribution in [0.15, 0.2) is 42.5 Å². The molecule has 25 heavy (non-hydrogen) atoms. The molecule has 0 aromatic heterocycles. The van der Waals surface area contributed by atoms with Crippen molar-refractivity contribution in [3.63, 3.8) is 0 Å². The number of anilines is 2. The molecule has 5 nitrogen and oxygen atoms in total. The van der Waals surface area contributed by atoms with Crippen molar-refractivity contribution in [1.82, 2.24) is 0 Å². The van der Waals surface area contributed by atoms with Crippen LogP contribution in [0.4, 0.5) is 11.4 Å². The van der Waals surface area contributed by atoms with Gasteiger partial charge in [0.15, 0.2) is 6.61 Å². The topological polar surface area (TPSA) is 64.6 Å². The lowest BCUT2D eigenvalue weighted by Crippen LogP contribution is -2.18. The first kappa shape index (κ1) is 19.1. The van der Waals surface area contributed by atoms with Crippen LogP contribution in [0.3, 0.4) is 0 Å². The maximum Gasteiger partial charge on any atom is 0.344 e. The van der Waals surface area contributed by atoms with E-state index < -0.39 is 18.5 Å². The van der Waals surface area contributed by atoms with E-state index in [4.69, 9.17) is 32.7 Å². The van der Waals surface area contributed by atoms with Crippen LogP contribution in [0.2, 0.25) is 10.0 Å². The molecule has 0 radical (unpaired) electrons. The Kier molecular flexibility index (Phi) is 7.10. The average Bonchev–Trinajstić information content (AvgIpc) is 2.58. The minimum Gasteiger partial charge on any atom is -0.463 e. The van der Waals surface area contributed by atoms with E-state index in [1.165, 1.54) is 0 Å². The number of hydrogen-bond donors (Lipinski definition) is 1. The van der Waals surface area contributed by atoms with Gasteiger partial charge in [-0.25, -0.2) is 4.79 Å². The standard InChI is InChI=1S/C18H17Cl2NO4/c1-2-24-17(23)11-25-16(22)10-12-6-3-4-9-15(12)21-18-13(19)7-5-8-14(18)20/h3-9,21H,2,10-11H2,1H3. The molecule has 2 aromatic carbocycles. The second kappa shape index (κ2) is 9.30. The van der Waals surface area contributed by atoms with Crippen molar-refractivity contribution in [2.45, 2.75) is 13.3 Å². The molecule has 0 aliphatic carbocycles. The Labute approximate surface area is 155 Å². The highest BCUT2D eigenvalue weighted by atomic mass is 35.5. The van der Waals surface area contributed by atoms with Crippen LogP contribution < -0.4 is 5.32 Å². The van der Waals surface area contributed by atoms with Crippen molar-refractivity contribution in [2.75, 3.05) is 18.5 Å².